The van der Waals surface area contributed by atoms with E-state index in [-0.39, 0.29) is 6.54 Å². The number of carbonyl (C=O) groups excluding carboxylic acids is 3. The van der Waals surface area contributed by atoms with Gasteiger partial charge in [0.15, 0.2) is 0 Å². The topological polar surface area (TPSA) is 102 Å². The number of urea groups is 1. The van der Waals surface area contributed by atoms with Gasteiger partial charge in [-0.05, 0) is 25.3 Å². The Morgan fingerprint density at radius 2 is 2.04 bits per heavy atom. The second-order valence-corrected chi connectivity index (χ2v) is 5.84. The van der Waals surface area contributed by atoms with E-state index in [2.05, 4.69) is 0 Å². The molecule has 0 aromatic carbocycles. The SMILES string of the molecule is CCC(CC)OC(=O)[C@@H](F)ON1C(=O)N2C[C@H]1C=C(C)[C@H]2C(N)=O. The normalized spacial score (nSPS) is 24.2. The summed E-state index contributed by atoms with van der Waals surface area (Å²) in [7, 11) is 0. The molecule has 8 nitrogen and oxygen atoms in total. The van der Waals surface area contributed by atoms with Gasteiger partial charge in [-0.3, -0.25) is 4.79 Å². The first-order valence-corrected chi connectivity index (χ1v) is 7.88. The maximum Gasteiger partial charge on any atom is 0.371 e. The van der Waals surface area contributed by atoms with Gasteiger partial charge in [-0.25, -0.2) is 18.8 Å². The molecule has 2 N–H and O–H groups in total. The summed E-state index contributed by atoms with van der Waals surface area (Å²) in [6, 6.07) is -2.20. The number of nitrogens with two attached hydrogens (primary N) is 1. The Labute approximate surface area is 139 Å². The number of hydroxylamine groups is 2. The summed E-state index contributed by atoms with van der Waals surface area (Å²) in [5, 5.41) is 0.755. The third-order valence-electron chi connectivity index (χ3n) is 4.17. The molecule has 3 atom stereocenters. The van der Waals surface area contributed by atoms with E-state index in [4.69, 9.17) is 15.3 Å². The van der Waals surface area contributed by atoms with Crippen LogP contribution < -0.4 is 5.73 Å². The molecule has 0 aromatic rings. The zero-order valence-electron chi connectivity index (χ0n) is 13.9. The summed E-state index contributed by atoms with van der Waals surface area (Å²) in [5.41, 5.74) is 5.88. The lowest BCUT2D eigenvalue weighted by atomic mass is 10.0. The van der Waals surface area contributed by atoms with Gasteiger partial charge in [0.05, 0.1) is 12.6 Å². The molecule has 0 spiro atoms. The van der Waals surface area contributed by atoms with Crippen molar-refractivity contribution in [3.8, 4) is 0 Å². The van der Waals surface area contributed by atoms with E-state index in [0.29, 0.717) is 18.4 Å². The van der Waals surface area contributed by atoms with Gasteiger partial charge in [-0.15, -0.1) is 0 Å². The van der Waals surface area contributed by atoms with Gasteiger partial charge in [-0.2, -0.15) is 5.06 Å². The van der Waals surface area contributed by atoms with Crippen LogP contribution in [0.25, 0.3) is 0 Å². The van der Waals surface area contributed by atoms with Crippen molar-refractivity contribution in [1.82, 2.24) is 9.96 Å². The fourth-order valence-corrected chi connectivity index (χ4v) is 2.92. The lowest BCUT2D eigenvalue weighted by Gasteiger charge is -2.27. The Kier molecular flexibility index (Phi) is 5.43. The monoisotopic (exact) mass is 343 g/mol. The van der Waals surface area contributed by atoms with E-state index in [1.807, 2.05) is 13.8 Å². The van der Waals surface area contributed by atoms with Crippen molar-refractivity contribution < 1.29 is 28.3 Å². The van der Waals surface area contributed by atoms with E-state index < -0.39 is 42.5 Å². The molecule has 1 fully saturated rings. The molecule has 2 aliphatic heterocycles. The third-order valence-corrected chi connectivity index (χ3v) is 4.17. The van der Waals surface area contributed by atoms with Crippen LogP contribution in [0.15, 0.2) is 11.6 Å². The van der Waals surface area contributed by atoms with Crippen LogP contribution in [0.2, 0.25) is 0 Å². The maximum absolute atomic E-state index is 14.0. The lowest BCUT2D eigenvalue weighted by molar-refractivity contribution is -0.226. The van der Waals surface area contributed by atoms with Crippen molar-refractivity contribution in [2.75, 3.05) is 6.54 Å². The molecule has 2 aliphatic rings. The minimum absolute atomic E-state index is 0.137. The summed E-state index contributed by atoms with van der Waals surface area (Å²) in [4.78, 5) is 41.6. The van der Waals surface area contributed by atoms with E-state index in [1.165, 1.54) is 4.90 Å². The second-order valence-electron chi connectivity index (χ2n) is 5.84. The first-order valence-electron chi connectivity index (χ1n) is 7.88. The Balaban J connectivity index is 2.05. The average Bonchev–Trinajstić information content (AvgIpc) is 2.77. The number of alkyl halides is 1. The average molecular weight is 343 g/mol. The number of esters is 1. The largest absolute Gasteiger partial charge is 0.458 e. The highest BCUT2D eigenvalue weighted by Gasteiger charge is 2.48. The molecular formula is C15H22FN3O5. The van der Waals surface area contributed by atoms with E-state index in [1.54, 1.807) is 13.0 Å². The molecule has 9 heteroatoms. The molecule has 0 saturated carbocycles. The molecule has 0 radical (unpaired) electrons. The van der Waals surface area contributed by atoms with E-state index in [0.717, 1.165) is 5.06 Å². The summed E-state index contributed by atoms with van der Waals surface area (Å²) < 4.78 is 19.0. The van der Waals surface area contributed by atoms with Crippen molar-refractivity contribution in [3.63, 3.8) is 0 Å². The molecule has 0 unspecified atom stereocenters. The van der Waals surface area contributed by atoms with Crippen molar-refractivity contribution >= 4 is 17.9 Å². The Bertz CT molecular complexity index is 563. The van der Waals surface area contributed by atoms with Gasteiger partial charge >= 0.3 is 18.4 Å². The number of nitrogens with zero attached hydrogens (tertiary/aromatic N) is 2. The smallest absolute Gasteiger partial charge is 0.371 e. The number of amides is 3. The summed E-state index contributed by atoms with van der Waals surface area (Å²) in [6.45, 7) is 5.42. The Morgan fingerprint density at radius 1 is 1.42 bits per heavy atom. The molecule has 1 saturated heterocycles. The highest BCUT2D eigenvalue weighted by atomic mass is 19.1. The van der Waals surface area contributed by atoms with Crippen molar-refractivity contribution in [3.05, 3.63) is 11.6 Å². The highest BCUT2D eigenvalue weighted by Crippen LogP contribution is 2.30. The quantitative estimate of drug-likeness (QED) is 0.546. The molecule has 2 bridgehead atoms. The first kappa shape index (κ1) is 18.2. The molecule has 24 heavy (non-hydrogen) atoms. The number of rotatable bonds is 7. The Hall–Kier alpha value is -2.16. The fraction of sp³-hybridized carbons (Fsp3) is 0.667. The number of carbonyl (C=O) groups is 3. The lowest BCUT2D eigenvalue weighted by Crippen LogP contribution is -2.48. The summed E-state index contributed by atoms with van der Waals surface area (Å²) in [5.74, 6) is -1.86. The minimum atomic E-state index is -2.42. The van der Waals surface area contributed by atoms with Gasteiger partial charge in [0, 0.05) is 0 Å². The van der Waals surface area contributed by atoms with Crippen molar-refractivity contribution in [2.24, 2.45) is 5.73 Å². The first-order chi connectivity index (χ1) is 11.3. The van der Waals surface area contributed by atoms with Gasteiger partial charge in [0.25, 0.3) is 0 Å². The zero-order valence-corrected chi connectivity index (χ0v) is 13.9. The number of primary amides is 1. The van der Waals surface area contributed by atoms with E-state index in [9.17, 15) is 18.8 Å². The predicted molar refractivity (Wildman–Crippen MR) is 80.9 cm³/mol. The molecule has 2 heterocycles. The van der Waals surface area contributed by atoms with Crippen LogP contribution in [0, 0.1) is 0 Å². The number of hydrogen-bond donors (Lipinski definition) is 1. The molecule has 2 rings (SSSR count). The summed E-state index contributed by atoms with van der Waals surface area (Å²) >= 11 is 0. The molecule has 134 valence electrons. The predicted octanol–water partition coefficient (Wildman–Crippen LogP) is 0.865. The number of ether oxygens (including phenoxy) is 1. The van der Waals surface area contributed by atoms with Crippen molar-refractivity contribution in [1.29, 1.82) is 0 Å². The zero-order chi connectivity index (χ0) is 18.0. The standard InChI is InChI=1S/C15H22FN3O5/c1-4-10(5-2)23-14(21)12(16)24-19-9-6-8(3)11(13(17)20)18(7-9)15(19)22/h6,9-12H,4-5,7H2,1-3H3,(H2,17,20)/t9-,11+,12+/m1/s1. The van der Waals surface area contributed by atoms with Crippen LogP contribution in [0.3, 0.4) is 0 Å². The second kappa shape index (κ2) is 7.16. The number of halogens is 1. The van der Waals surface area contributed by atoms with Gasteiger partial charge in [0.1, 0.15) is 12.1 Å². The third kappa shape index (κ3) is 3.35. The van der Waals surface area contributed by atoms with Crippen molar-refractivity contribution in [2.45, 2.75) is 58.2 Å². The molecule has 3 amide bonds. The van der Waals surface area contributed by atoms with Crippen LogP contribution in [0.1, 0.15) is 33.6 Å². The van der Waals surface area contributed by atoms with Crippen LogP contribution in [0.5, 0.6) is 0 Å². The van der Waals surface area contributed by atoms with E-state index >= 15 is 0 Å². The van der Waals surface area contributed by atoms with Gasteiger partial charge in [0.2, 0.25) is 5.91 Å². The molecule has 0 aromatic heterocycles. The molecular weight excluding hydrogens is 321 g/mol. The highest BCUT2D eigenvalue weighted by molar-refractivity contribution is 5.90. The van der Waals surface area contributed by atoms with Crippen LogP contribution in [0.4, 0.5) is 9.18 Å². The van der Waals surface area contributed by atoms with Crippen LogP contribution in [-0.4, -0.2) is 59.0 Å². The van der Waals surface area contributed by atoms with Gasteiger partial charge < -0.3 is 15.4 Å². The maximum atomic E-state index is 14.0. The minimum Gasteiger partial charge on any atom is -0.458 e. The number of hydrogen-bond acceptors (Lipinski definition) is 5. The van der Waals surface area contributed by atoms with Crippen LogP contribution in [-0.2, 0) is 19.2 Å². The number of fused-ring (bicyclic) bond motifs is 2. The fourth-order valence-electron chi connectivity index (χ4n) is 2.92. The summed E-state index contributed by atoms with van der Waals surface area (Å²) in [6.07, 6.45) is -0.115. The van der Waals surface area contributed by atoms with Gasteiger partial charge in [-0.1, -0.05) is 19.9 Å². The van der Waals surface area contributed by atoms with Crippen LogP contribution >= 0.6 is 0 Å². The molecule has 0 aliphatic carbocycles. The Morgan fingerprint density at radius 3 is 2.58 bits per heavy atom.